The van der Waals surface area contributed by atoms with Crippen molar-refractivity contribution in [1.82, 2.24) is 0 Å². The third-order valence-electron chi connectivity index (χ3n) is 2.69. The average molecular weight is 276 g/mol. The Kier molecular flexibility index (Phi) is 3.76. The van der Waals surface area contributed by atoms with Crippen molar-refractivity contribution in [3.8, 4) is 11.1 Å². The molecule has 2 rings (SSSR count). The van der Waals surface area contributed by atoms with Crippen molar-refractivity contribution in [2.24, 2.45) is 0 Å². The fraction of sp³-hybridized carbons (Fsp3) is 0.143. The van der Waals surface area contributed by atoms with Gasteiger partial charge in [0.1, 0.15) is 5.76 Å². The zero-order chi connectivity index (χ0) is 14.0. The molecule has 0 saturated carbocycles. The summed E-state index contributed by atoms with van der Waals surface area (Å²) < 4.78 is 4.84. The number of hydrogen-bond acceptors (Lipinski definition) is 4. The molecule has 0 aliphatic carbocycles. The Bertz CT molecular complexity index is 671. The van der Waals surface area contributed by atoms with Crippen molar-refractivity contribution in [1.29, 1.82) is 0 Å². The molecule has 19 heavy (non-hydrogen) atoms. The second-order valence-electron chi connectivity index (χ2n) is 3.97. The molecule has 98 valence electrons. The first-order chi connectivity index (χ1) is 9.02. The Hall–Kier alpha value is -2.01. The van der Waals surface area contributed by atoms with Crippen LogP contribution in [-0.4, -0.2) is 17.3 Å². The van der Waals surface area contributed by atoms with Gasteiger partial charge in [0.15, 0.2) is 5.56 Å². The van der Waals surface area contributed by atoms with Gasteiger partial charge in [-0.1, -0.05) is 12.1 Å². The zero-order valence-electron chi connectivity index (χ0n) is 10.5. The topological polar surface area (TPSA) is 67.5 Å². The molecule has 0 aliphatic heterocycles. The van der Waals surface area contributed by atoms with Crippen molar-refractivity contribution >= 4 is 17.7 Å². The summed E-state index contributed by atoms with van der Waals surface area (Å²) in [4.78, 5) is 23.9. The van der Waals surface area contributed by atoms with Crippen molar-refractivity contribution in [3.05, 3.63) is 52.1 Å². The summed E-state index contributed by atoms with van der Waals surface area (Å²) in [5.74, 6) is -0.892. The quantitative estimate of drug-likeness (QED) is 0.873. The third-order valence-corrected chi connectivity index (χ3v) is 3.43. The maximum absolute atomic E-state index is 11.6. The van der Waals surface area contributed by atoms with Crippen LogP contribution in [-0.2, 0) is 0 Å². The summed E-state index contributed by atoms with van der Waals surface area (Å²) in [5.41, 5.74) is -0.0842. The predicted molar refractivity (Wildman–Crippen MR) is 73.9 cm³/mol. The fourth-order valence-electron chi connectivity index (χ4n) is 1.81. The minimum Gasteiger partial charge on any atom is -0.477 e. The first-order valence-corrected chi connectivity index (χ1v) is 6.78. The van der Waals surface area contributed by atoms with Gasteiger partial charge in [-0.15, -0.1) is 11.8 Å². The number of carbonyl (C=O) groups is 1. The summed E-state index contributed by atoms with van der Waals surface area (Å²) in [5, 5.41) is 9.14. The lowest BCUT2D eigenvalue weighted by atomic mass is 10.0. The molecule has 2 aromatic rings. The molecule has 4 nitrogen and oxygen atoms in total. The van der Waals surface area contributed by atoms with Gasteiger partial charge >= 0.3 is 11.6 Å². The van der Waals surface area contributed by atoms with Crippen LogP contribution in [0.15, 0.2) is 44.4 Å². The van der Waals surface area contributed by atoms with Crippen LogP contribution in [0.1, 0.15) is 16.1 Å². The van der Waals surface area contributed by atoms with E-state index in [9.17, 15) is 9.59 Å². The fourth-order valence-corrected chi connectivity index (χ4v) is 2.22. The van der Waals surface area contributed by atoms with Crippen LogP contribution in [0.4, 0.5) is 0 Å². The summed E-state index contributed by atoms with van der Waals surface area (Å²) in [6.45, 7) is 1.62. The van der Waals surface area contributed by atoms with Gasteiger partial charge in [-0.3, -0.25) is 0 Å². The second kappa shape index (κ2) is 5.32. The highest BCUT2D eigenvalue weighted by atomic mass is 32.2. The highest BCUT2D eigenvalue weighted by Crippen LogP contribution is 2.25. The van der Waals surface area contributed by atoms with E-state index >= 15 is 0 Å². The van der Waals surface area contributed by atoms with E-state index in [4.69, 9.17) is 9.52 Å². The van der Waals surface area contributed by atoms with Gasteiger partial charge in [0, 0.05) is 10.5 Å². The van der Waals surface area contributed by atoms with Crippen LogP contribution < -0.4 is 5.63 Å². The van der Waals surface area contributed by atoms with Crippen molar-refractivity contribution in [3.63, 3.8) is 0 Å². The summed E-state index contributed by atoms with van der Waals surface area (Å²) in [6, 6.07) is 8.93. The normalized spacial score (nSPS) is 10.4. The van der Waals surface area contributed by atoms with Gasteiger partial charge in [0.05, 0.1) is 0 Å². The lowest BCUT2D eigenvalue weighted by Gasteiger charge is -2.06. The highest BCUT2D eigenvalue weighted by molar-refractivity contribution is 7.98. The first-order valence-electron chi connectivity index (χ1n) is 5.55. The van der Waals surface area contributed by atoms with Crippen LogP contribution in [0.2, 0.25) is 0 Å². The van der Waals surface area contributed by atoms with Crippen LogP contribution in [0, 0.1) is 6.92 Å². The Morgan fingerprint density at radius 3 is 2.42 bits per heavy atom. The molecule has 0 bridgehead atoms. The average Bonchev–Trinajstić information content (AvgIpc) is 2.37. The predicted octanol–water partition coefficient (Wildman–Crippen LogP) is 3.04. The minimum absolute atomic E-state index is 0.331. The maximum atomic E-state index is 11.6. The van der Waals surface area contributed by atoms with E-state index in [0.717, 1.165) is 4.90 Å². The maximum Gasteiger partial charge on any atom is 0.351 e. The van der Waals surface area contributed by atoms with Gasteiger partial charge in [-0.25, -0.2) is 9.59 Å². The van der Waals surface area contributed by atoms with Crippen LogP contribution in [0.5, 0.6) is 0 Å². The van der Waals surface area contributed by atoms with E-state index in [1.165, 1.54) is 0 Å². The number of benzene rings is 1. The first kappa shape index (κ1) is 13.4. The van der Waals surface area contributed by atoms with Gasteiger partial charge in [0.25, 0.3) is 0 Å². The summed E-state index contributed by atoms with van der Waals surface area (Å²) >= 11 is 1.59. The number of hydrogen-bond donors (Lipinski definition) is 1. The van der Waals surface area contributed by atoms with Crippen LogP contribution in [0.25, 0.3) is 11.1 Å². The number of carboxylic acids is 1. The lowest BCUT2D eigenvalue weighted by molar-refractivity contribution is 0.0692. The number of thioether (sulfide) groups is 1. The summed E-state index contributed by atoms with van der Waals surface area (Å²) in [6.07, 6.45) is 1.96. The Labute approximate surface area is 114 Å². The molecule has 0 unspecified atom stereocenters. The molecule has 1 aromatic carbocycles. The zero-order valence-corrected chi connectivity index (χ0v) is 11.3. The highest BCUT2D eigenvalue weighted by Gasteiger charge is 2.18. The molecular formula is C14H12O4S. The molecule has 1 aromatic heterocycles. The molecule has 5 heteroatoms. The lowest BCUT2D eigenvalue weighted by Crippen LogP contribution is -2.15. The molecule has 0 spiro atoms. The minimum atomic E-state index is -1.28. The number of aryl methyl sites for hydroxylation is 1. The van der Waals surface area contributed by atoms with E-state index in [1.54, 1.807) is 36.9 Å². The largest absolute Gasteiger partial charge is 0.477 e. The van der Waals surface area contributed by atoms with Gasteiger partial charge in [0.2, 0.25) is 0 Å². The molecule has 0 aliphatic rings. The number of rotatable bonds is 3. The smallest absolute Gasteiger partial charge is 0.351 e. The Morgan fingerprint density at radius 1 is 1.26 bits per heavy atom. The van der Waals surface area contributed by atoms with E-state index in [-0.39, 0.29) is 5.56 Å². The van der Waals surface area contributed by atoms with Crippen LogP contribution >= 0.6 is 11.8 Å². The third kappa shape index (κ3) is 2.71. The molecule has 1 N–H and O–H groups in total. The van der Waals surface area contributed by atoms with Gasteiger partial charge in [-0.05, 0) is 36.9 Å². The molecular weight excluding hydrogens is 264 g/mol. The molecule has 0 amide bonds. The summed E-state index contributed by atoms with van der Waals surface area (Å²) in [7, 11) is 0. The number of aromatic carboxylic acids is 1. The van der Waals surface area contributed by atoms with Gasteiger partial charge in [-0.2, -0.15) is 0 Å². The second-order valence-corrected chi connectivity index (χ2v) is 4.85. The standard InChI is InChI=1S/C14H12O4S/c1-8-7-11(12(13(15)16)14(17)18-8)9-3-5-10(19-2)6-4-9/h3-7H,1-2H3,(H,15,16). The van der Waals surface area contributed by atoms with Crippen molar-refractivity contribution in [2.75, 3.05) is 6.26 Å². The van der Waals surface area contributed by atoms with E-state index in [1.807, 2.05) is 18.4 Å². The van der Waals surface area contributed by atoms with E-state index in [2.05, 4.69) is 0 Å². The van der Waals surface area contributed by atoms with Crippen LogP contribution in [0.3, 0.4) is 0 Å². The molecule has 0 saturated heterocycles. The van der Waals surface area contributed by atoms with Crippen molar-refractivity contribution in [2.45, 2.75) is 11.8 Å². The molecule has 0 fully saturated rings. The SMILES string of the molecule is CSc1ccc(-c2cc(C)oc(=O)c2C(=O)O)cc1. The molecule has 0 atom stereocenters. The monoisotopic (exact) mass is 276 g/mol. The van der Waals surface area contributed by atoms with E-state index < -0.39 is 11.6 Å². The Morgan fingerprint density at radius 2 is 1.89 bits per heavy atom. The van der Waals surface area contributed by atoms with E-state index in [0.29, 0.717) is 16.9 Å². The molecule has 0 radical (unpaired) electrons. The molecule has 1 heterocycles. The van der Waals surface area contributed by atoms with Crippen molar-refractivity contribution < 1.29 is 14.3 Å². The number of carboxylic acid groups (broad SMARTS) is 1. The van der Waals surface area contributed by atoms with Gasteiger partial charge < -0.3 is 9.52 Å². The Balaban J connectivity index is 2.66.